The third-order valence-electron chi connectivity index (χ3n) is 4.08. The molecule has 1 rings (SSSR count). The molecule has 2 N–H and O–H groups in total. The van der Waals surface area contributed by atoms with Crippen LogP contribution in [0.3, 0.4) is 0 Å². The van der Waals surface area contributed by atoms with Gasteiger partial charge in [0.2, 0.25) is 0 Å². The molecule has 1 aliphatic heterocycles. The third kappa shape index (κ3) is 4.57. The smallest absolute Gasteiger partial charge is 0.0276 e. The summed E-state index contributed by atoms with van der Waals surface area (Å²) in [5.41, 5.74) is 6.00. The molecule has 1 heterocycles. The minimum Gasteiger partial charge on any atom is -0.329 e. The summed E-state index contributed by atoms with van der Waals surface area (Å²) in [6.07, 6.45) is 2.66. The van der Waals surface area contributed by atoms with Crippen LogP contribution in [0.1, 0.15) is 40.5 Å². The van der Waals surface area contributed by atoms with Crippen molar-refractivity contribution in [2.75, 3.05) is 39.3 Å². The van der Waals surface area contributed by atoms with Crippen LogP contribution in [0.15, 0.2) is 0 Å². The van der Waals surface area contributed by atoms with Gasteiger partial charge >= 0.3 is 0 Å². The summed E-state index contributed by atoms with van der Waals surface area (Å²) in [6, 6.07) is 0. The van der Waals surface area contributed by atoms with Gasteiger partial charge in [0.1, 0.15) is 0 Å². The Kier molecular flexibility index (Phi) is 5.90. The highest BCUT2D eigenvalue weighted by atomic mass is 15.3. The number of piperazine rings is 1. The quantitative estimate of drug-likeness (QED) is 0.769. The summed E-state index contributed by atoms with van der Waals surface area (Å²) in [7, 11) is 0. The predicted molar refractivity (Wildman–Crippen MR) is 75.2 cm³/mol. The van der Waals surface area contributed by atoms with Crippen molar-refractivity contribution in [3.05, 3.63) is 0 Å². The summed E-state index contributed by atoms with van der Waals surface area (Å²) in [4.78, 5) is 5.15. The Morgan fingerprint density at radius 3 is 2.24 bits per heavy atom. The summed E-state index contributed by atoms with van der Waals surface area (Å²) in [5, 5.41) is 0. The number of hydrogen-bond acceptors (Lipinski definition) is 3. The molecule has 0 amide bonds. The van der Waals surface area contributed by atoms with Gasteiger partial charge in [0.25, 0.3) is 0 Å². The van der Waals surface area contributed by atoms with E-state index in [1.807, 2.05) is 0 Å². The van der Waals surface area contributed by atoms with Crippen LogP contribution >= 0.6 is 0 Å². The largest absolute Gasteiger partial charge is 0.329 e. The van der Waals surface area contributed by atoms with E-state index < -0.39 is 0 Å². The van der Waals surface area contributed by atoms with E-state index >= 15 is 0 Å². The molecule has 1 aliphatic rings. The molecule has 1 atom stereocenters. The van der Waals surface area contributed by atoms with Gasteiger partial charge < -0.3 is 10.6 Å². The van der Waals surface area contributed by atoms with E-state index in [-0.39, 0.29) is 5.54 Å². The lowest BCUT2D eigenvalue weighted by Crippen LogP contribution is -2.57. The van der Waals surface area contributed by atoms with Gasteiger partial charge in [0, 0.05) is 44.8 Å². The molecular weight excluding hydrogens is 210 g/mol. The minimum absolute atomic E-state index is 0.168. The maximum atomic E-state index is 5.84. The van der Waals surface area contributed by atoms with E-state index in [0.29, 0.717) is 0 Å². The Morgan fingerprint density at radius 2 is 1.76 bits per heavy atom. The molecule has 3 nitrogen and oxygen atoms in total. The number of nitrogens with two attached hydrogens (primary N) is 1. The topological polar surface area (TPSA) is 32.5 Å². The molecule has 0 aromatic rings. The van der Waals surface area contributed by atoms with Crippen LogP contribution < -0.4 is 5.73 Å². The molecule has 0 saturated carbocycles. The van der Waals surface area contributed by atoms with Gasteiger partial charge in [-0.1, -0.05) is 20.3 Å². The molecule has 0 bridgehead atoms. The maximum absolute atomic E-state index is 5.84. The first-order valence-electron chi connectivity index (χ1n) is 7.17. The number of rotatable bonds is 6. The first-order valence-corrected chi connectivity index (χ1v) is 7.17. The molecule has 3 heteroatoms. The van der Waals surface area contributed by atoms with Gasteiger partial charge in [0.15, 0.2) is 0 Å². The van der Waals surface area contributed by atoms with E-state index in [0.717, 1.165) is 12.5 Å². The van der Waals surface area contributed by atoms with Crippen molar-refractivity contribution < 1.29 is 0 Å². The summed E-state index contributed by atoms with van der Waals surface area (Å²) in [6.45, 7) is 15.9. The first kappa shape index (κ1) is 14.9. The Morgan fingerprint density at radius 1 is 1.18 bits per heavy atom. The lowest BCUT2D eigenvalue weighted by molar-refractivity contribution is 0.0508. The Hall–Kier alpha value is -0.120. The van der Waals surface area contributed by atoms with E-state index in [1.54, 1.807) is 0 Å². The maximum Gasteiger partial charge on any atom is 0.0276 e. The average Bonchev–Trinajstić information content (AvgIpc) is 2.30. The van der Waals surface area contributed by atoms with Gasteiger partial charge in [-0.05, 0) is 26.2 Å². The van der Waals surface area contributed by atoms with Gasteiger partial charge in [-0.15, -0.1) is 0 Å². The molecule has 1 saturated heterocycles. The highest BCUT2D eigenvalue weighted by Gasteiger charge is 2.28. The van der Waals surface area contributed by atoms with Crippen LogP contribution in [-0.2, 0) is 0 Å². The van der Waals surface area contributed by atoms with Crippen molar-refractivity contribution >= 4 is 0 Å². The van der Waals surface area contributed by atoms with Crippen LogP contribution in [0.5, 0.6) is 0 Å². The van der Waals surface area contributed by atoms with Crippen LogP contribution in [0.25, 0.3) is 0 Å². The minimum atomic E-state index is 0.168. The Labute approximate surface area is 107 Å². The van der Waals surface area contributed by atoms with Crippen molar-refractivity contribution in [1.82, 2.24) is 9.80 Å². The normalized spacial score (nSPS) is 21.7. The van der Waals surface area contributed by atoms with Gasteiger partial charge in [-0.3, -0.25) is 4.90 Å². The van der Waals surface area contributed by atoms with Crippen LogP contribution in [0.4, 0.5) is 0 Å². The lowest BCUT2D eigenvalue weighted by atomic mass is 10.0. The predicted octanol–water partition coefficient (Wildman–Crippen LogP) is 1.78. The van der Waals surface area contributed by atoms with Crippen LogP contribution in [-0.4, -0.2) is 54.6 Å². The average molecular weight is 241 g/mol. The number of hydrogen-bond donors (Lipinski definition) is 1. The Bertz CT molecular complexity index is 208. The van der Waals surface area contributed by atoms with E-state index in [1.165, 1.54) is 45.6 Å². The lowest BCUT2D eigenvalue weighted by Gasteiger charge is -2.44. The zero-order chi connectivity index (χ0) is 12.9. The fourth-order valence-electron chi connectivity index (χ4n) is 2.69. The van der Waals surface area contributed by atoms with Crippen molar-refractivity contribution in [3.8, 4) is 0 Å². The first-order chi connectivity index (χ1) is 7.99. The second-order valence-electron chi connectivity index (χ2n) is 6.20. The number of nitrogens with zero attached hydrogens (tertiary/aromatic N) is 2. The fraction of sp³-hybridized carbons (Fsp3) is 1.00. The molecule has 102 valence electrons. The van der Waals surface area contributed by atoms with Crippen LogP contribution in [0.2, 0.25) is 0 Å². The SMILES string of the molecule is CCCC(C)CN1CCN(C(C)(C)CN)CC1. The van der Waals surface area contributed by atoms with Gasteiger partial charge in [-0.2, -0.15) is 0 Å². The highest BCUT2D eigenvalue weighted by molar-refractivity contribution is 4.86. The Balaban J connectivity index is 2.31. The summed E-state index contributed by atoms with van der Waals surface area (Å²) < 4.78 is 0. The monoisotopic (exact) mass is 241 g/mol. The summed E-state index contributed by atoms with van der Waals surface area (Å²) in [5.74, 6) is 0.842. The van der Waals surface area contributed by atoms with Gasteiger partial charge in [0.05, 0.1) is 0 Å². The van der Waals surface area contributed by atoms with Crippen molar-refractivity contribution in [2.24, 2.45) is 11.7 Å². The molecule has 1 unspecified atom stereocenters. The van der Waals surface area contributed by atoms with E-state index in [4.69, 9.17) is 5.73 Å². The molecular formula is C14H31N3. The molecule has 0 radical (unpaired) electrons. The third-order valence-corrected chi connectivity index (χ3v) is 4.08. The van der Waals surface area contributed by atoms with Crippen molar-refractivity contribution in [2.45, 2.75) is 46.1 Å². The highest BCUT2D eigenvalue weighted by Crippen LogP contribution is 2.17. The van der Waals surface area contributed by atoms with Crippen molar-refractivity contribution in [1.29, 1.82) is 0 Å². The molecule has 0 aromatic carbocycles. The second-order valence-corrected chi connectivity index (χ2v) is 6.20. The van der Waals surface area contributed by atoms with E-state index in [2.05, 4.69) is 37.5 Å². The van der Waals surface area contributed by atoms with E-state index in [9.17, 15) is 0 Å². The molecule has 17 heavy (non-hydrogen) atoms. The second kappa shape index (κ2) is 6.72. The summed E-state index contributed by atoms with van der Waals surface area (Å²) >= 11 is 0. The molecule has 1 fully saturated rings. The molecule has 0 aromatic heterocycles. The van der Waals surface area contributed by atoms with Crippen molar-refractivity contribution in [3.63, 3.8) is 0 Å². The zero-order valence-electron chi connectivity index (χ0n) is 12.2. The zero-order valence-corrected chi connectivity index (χ0v) is 12.2. The fourth-order valence-corrected chi connectivity index (χ4v) is 2.69. The molecule has 0 spiro atoms. The standard InChI is InChI=1S/C14H31N3/c1-5-6-13(2)11-16-7-9-17(10-8-16)14(3,4)12-15/h13H,5-12,15H2,1-4H3. The molecule has 0 aliphatic carbocycles. The van der Waals surface area contributed by atoms with Crippen LogP contribution in [0, 0.1) is 5.92 Å². The van der Waals surface area contributed by atoms with Gasteiger partial charge in [-0.25, -0.2) is 0 Å².